The maximum absolute atomic E-state index is 8.90. The zero-order valence-electron chi connectivity index (χ0n) is 11.0. The van der Waals surface area contributed by atoms with Gasteiger partial charge >= 0.3 is 0 Å². The fourth-order valence-electron chi connectivity index (χ4n) is 1.81. The van der Waals surface area contributed by atoms with Crippen molar-refractivity contribution in [1.82, 2.24) is 29.5 Å². The van der Waals surface area contributed by atoms with Gasteiger partial charge in [0.1, 0.15) is 29.6 Å². The molecule has 0 aliphatic heterocycles. The SMILES string of the molecule is [C-]#[N+]c1cnn(-c2cc(-n3ncc(C#N)c3N)ncn2)c1N. The van der Waals surface area contributed by atoms with E-state index in [-0.39, 0.29) is 22.9 Å². The predicted octanol–water partition coefficient (Wildman–Crippen LogP) is 0.435. The van der Waals surface area contributed by atoms with Crippen LogP contribution in [0.3, 0.4) is 0 Å². The monoisotopic (exact) mass is 292 g/mol. The molecule has 0 amide bonds. The number of aromatic nitrogens is 6. The summed E-state index contributed by atoms with van der Waals surface area (Å²) in [6.45, 7) is 6.99. The van der Waals surface area contributed by atoms with E-state index in [1.165, 1.54) is 28.1 Å². The van der Waals surface area contributed by atoms with Crippen LogP contribution in [0.25, 0.3) is 16.5 Å². The van der Waals surface area contributed by atoms with Gasteiger partial charge in [0.25, 0.3) is 0 Å². The molecular formula is C12H8N10. The second-order valence-corrected chi connectivity index (χ2v) is 4.14. The molecule has 0 fully saturated rings. The standard InChI is InChI=1S/C12H8N10/c1-16-8-5-20-22(12(8)15)10-2-9(17-6-18-10)21-11(14)7(3-13)4-19-21/h2,4-6H,14-15H2. The van der Waals surface area contributed by atoms with E-state index in [0.29, 0.717) is 11.6 Å². The number of nitrogens with two attached hydrogens (primary N) is 2. The van der Waals surface area contributed by atoms with Crippen molar-refractivity contribution in [3.05, 3.63) is 41.8 Å². The smallest absolute Gasteiger partial charge is 0.247 e. The third-order valence-corrected chi connectivity index (χ3v) is 2.91. The highest BCUT2D eigenvalue weighted by Crippen LogP contribution is 2.24. The van der Waals surface area contributed by atoms with Gasteiger partial charge in [-0.05, 0) is 0 Å². The summed E-state index contributed by atoms with van der Waals surface area (Å²) in [7, 11) is 0. The Morgan fingerprint density at radius 1 is 1.09 bits per heavy atom. The van der Waals surface area contributed by atoms with Crippen LogP contribution in [0, 0.1) is 17.9 Å². The van der Waals surface area contributed by atoms with Crippen LogP contribution in [0.4, 0.5) is 17.3 Å². The molecular weight excluding hydrogens is 284 g/mol. The van der Waals surface area contributed by atoms with Crippen molar-refractivity contribution in [2.24, 2.45) is 0 Å². The molecule has 0 saturated carbocycles. The normalized spacial score (nSPS) is 10.1. The molecule has 106 valence electrons. The highest BCUT2D eigenvalue weighted by molar-refractivity contribution is 5.64. The van der Waals surface area contributed by atoms with Crippen LogP contribution >= 0.6 is 0 Å². The van der Waals surface area contributed by atoms with Crippen molar-refractivity contribution in [3.63, 3.8) is 0 Å². The molecule has 0 radical (unpaired) electrons. The highest BCUT2D eigenvalue weighted by atomic mass is 15.4. The van der Waals surface area contributed by atoms with Crippen molar-refractivity contribution < 1.29 is 0 Å². The minimum atomic E-state index is 0.169. The summed E-state index contributed by atoms with van der Waals surface area (Å²) in [5.41, 5.74) is 12.1. The van der Waals surface area contributed by atoms with Gasteiger partial charge in [-0.1, -0.05) is 0 Å². The maximum atomic E-state index is 8.90. The summed E-state index contributed by atoms with van der Waals surface area (Å²) in [5.74, 6) is 1.04. The Morgan fingerprint density at radius 2 is 1.73 bits per heavy atom. The van der Waals surface area contributed by atoms with Crippen molar-refractivity contribution in [2.75, 3.05) is 11.5 Å². The molecule has 3 aromatic rings. The third-order valence-electron chi connectivity index (χ3n) is 2.91. The van der Waals surface area contributed by atoms with E-state index in [9.17, 15) is 0 Å². The van der Waals surface area contributed by atoms with E-state index in [1.54, 1.807) is 6.07 Å². The highest BCUT2D eigenvalue weighted by Gasteiger charge is 2.13. The lowest BCUT2D eigenvalue weighted by Gasteiger charge is -2.06. The first-order valence-corrected chi connectivity index (χ1v) is 5.93. The second-order valence-electron chi connectivity index (χ2n) is 4.14. The molecule has 3 heterocycles. The predicted molar refractivity (Wildman–Crippen MR) is 76.1 cm³/mol. The zero-order valence-corrected chi connectivity index (χ0v) is 11.0. The maximum Gasteiger partial charge on any atom is 0.247 e. The largest absolute Gasteiger partial charge is 0.392 e. The lowest BCUT2D eigenvalue weighted by Crippen LogP contribution is -2.09. The Hall–Kier alpha value is -3.92. The Kier molecular flexibility index (Phi) is 2.90. The van der Waals surface area contributed by atoms with Gasteiger partial charge in [0.15, 0.2) is 11.6 Å². The fourth-order valence-corrected chi connectivity index (χ4v) is 1.81. The number of nitrogen functional groups attached to an aromatic ring is 2. The Balaban J connectivity index is 2.10. The first kappa shape index (κ1) is 13.1. The van der Waals surface area contributed by atoms with Crippen LogP contribution in [0.2, 0.25) is 0 Å². The summed E-state index contributed by atoms with van der Waals surface area (Å²) in [5, 5.41) is 16.9. The molecule has 3 aromatic heterocycles. The quantitative estimate of drug-likeness (QED) is 0.652. The van der Waals surface area contributed by atoms with Crippen LogP contribution in [-0.2, 0) is 0 Å². The molecule has 0 atom stereocenters. The average Bonchev–Trinajstić information content (AvgIpc) is 3.10. The molecule has 0 saturated heterocycles. The molecule has 0 spiro atoms. The van der Waals surface area contributed by atoms with Crippen molar-refractivity contribution in [3.8, 4) is 17.7 Å². The number of nitrogens with zero attached hydrogens (tertiary/aromatic N) is 8. The third kappa shape index (κ3) is 1.88. The van der Waals surface area contributed by atoms with Gasteiger partial charge in [0.05, 0.1) is 19.0 Å². The number of hydrogen-bond acceptors (Lipinski definition) is 7. The molecule has 0 bridgehead atoms. The van der Waals surface area contributed by atoms with E-state index in [1.807, 2.05) is 6.07 Å². The molecule has 22 heavy (non-hydrogen) atoms. The fraction of sp³-hybridized carbons (Fsp3) is 0. The van der Waals surface area contributed by atoms with E-state index in [4.69, 9.17) is 23.3 Å². The van der Waals surface area contributed by atoms with Gasteiger partial charge in [-0.15, -0.1) is 0 Å². The summed E-state index contributed by atoms with van der Waals surface area (Å²) < 4.78 is 2.61. The first-order valence-electron chi connectivity index (χ1n) is 5.93. The van der Waals surface area contributed by atoms with E-state index >= 15 is 0 Å². The number of nitriles is 1. The van der Waals surface area contributed by atoms with Crippen LogP contribution in [0.1, 0.15) is 5.56 Å². The molecule has 0 aromatic carbocycles. The van der Waals surface area contributed by atoms with Gasteiger partial charge in [-0.2, -0.15) is 20.1 Å². The van der Waals surface area contributed by atoms with Crippen molar-refractivity contribution in [2.45, 2.75) is 0 Å². The van der Waals surface area contributed by atoms with E-state index in [2.05, 4.69) is 25.0 Å². The number of rotatable bonds is 2. The summed E-state index contributed by atoms with van der Waals surface area (Å²) >= 11 is 0. The van der Waals surface area contributed by atoms with Crippen LogP contribution in [-0.4, -0.2) is 29.5 Å². The van der Waals surface area contributed by atoms with Crippen molar-refractivity contribution in [1.29, 1.82) is 5.26 Å². The summed E-state index contributed by atoms with van der Waals surface area (Å²) in [6.07, 6.45) is 3.98. The van der Waals surface area contributed by atoms with Gasteiger partial charge in [0, 0.05) is 6.07 Å². The Labute approximate surface area is 124 Å². The zero-order chi connectivity index (χ0) is 15.7. The van der Waals surface area contributed by atoms with E-state index < -0.39 is 0 Å². The molecule has 3 rings (SSSR count). The minimum absolute atomic E-state index is 0.169. The molecule has 0 aliphatic carbocycles. The second kappa shape index (κ2) is 4.88. The minimum Gasteiger partial charge on any atom is -0.392 e. The molecule has 10 nitrogen and oxygen atoms in total. The first-order chi connectivity index (χ1) is 10.7. The van der Waals surface area contributed by atoms with Crippen LogP contribution < -0.4 is 11.5 Å². The summed E-state index contributed by atoms with van der Waals surface area (Å²) in [4.78, 5) is 11.4. The lowest BCUT2D eigenvalue weighted by molar-refractivity contribution is 0.813. The van der Waals surface area contributed by atoms with Gasteiger partial charge in [-0.25, -0.2) is 19.5 Å². The average molecular weight is 292 g/mol. The van der Waals surface area contributed by atoms with Crippen molar-refractivity contribution >= 4 is 17.3 Å². The lowest BCUT2D eigenvalue weighted by atomic mass is 10.4. The van der Waals surface area contributed by atoms with Crippen LogP contribution in [0.15, 0.2) is 24.8 Å². The molecule has 0 aliphatic rings. The molecule has 0 unspecified atom stereocenters. The topological polar surface area (TPSA) is 142 Å². The number of anilines is 2. The van der Waals surface area contributed by atoms with Gasteiger partial charge in [0.2, 0.25) is 5.69 Å². The Bertz CT molecular complexity index is 862. The van der Waals surface area contributed by atoms with Gasteiger partial charge in [-0.3, -0.25) is 0 Å². The molecule has 4 N–H and O–H groups in total. The summed E-state index contributed by atoms with van der Waals surface area (Å²) in [6, 6.07) is 3.47. The number of hydrogen-bond donors (Lipinski definition) is 2. The van der Waals surface area contributed by atoms with Gasteiger partial charge < -0.3 is 11.5 Å². The molecule has 10 heteroatoms. The van der Waals surface area contributed by atoms with E-state index in [0.717, 1.165) is 0 Å². The van der Waals surface area contributed by atoms with Crippen LogP contribution in [0.5, 0.6) is 0 Å². The Morgan fingerprint density at radius 3 is 2.27 bits per heavy atom.